The van der Waals surface area contributed by atoms with E-state index >= 15 is 0 Å². The molecule has 0 saturated heterocycles. The molecule has 7 heteroatoms. The smallest absolute Gasteiger partial charge is 0.260 e. The molecule has 0 aliphatic rings. The topological polar surface area (TPSA) is 70.1 Å². The number of halogens is 2. The highest BCUT2D eigenvalue weighted by Crippen LogP contribution is 2.34. The van der Waals surface area contributed by atoms with E-state index < -0.39 is 11.7 Å². The highest BCUT2D eigenvalue weighted by Gasteiger charge is 2.28. The quantitative estimate of drug-likeness (QED) is 0.603. The van der Waals surface area contributed by atoms with Crippen molar-refractivity contribution in [2.75, 3.05) is 6.54 Å². The van der Waals surface area contributed by atoms with Crippen LogP contribution in [0.3, 0.4) is 0 Å². The number of carbonyl (C=O) groups is 1. The molecule has 0 unspecified atom stereocenters. The number of nitriles is 1. The van der Waals surface area contributed by atoms with Crippen molar-refractivity contribution in [1.29, 1.82) is 5.26 Å². The van der Waals surface area contributed by atoms with Gasteiger partial charge in [-0.25, -0.2) is 4.39 Å². The third-order valence-electron chi connectivity index (χ3n) is 4.04. The van der Waals surface area contributed by atoms with Crippen LogP contribution in [0.15, 0.2) is 53.1 Å². The molecule has 2 aromatic carbocycles. The van der Waals surface area contributed by atoms with Gasteiger partial charge in [-0.2, -0.15) is 5.26 Å². The van der Waals surface area contributed by atoms with E-state index in [0.29, 0.717) is 0 Å². The van der Waals surface area contributed by atoms with E-state index in [1.165, 1.54) is 23.1 Å². The van der Waals surface area contributed by atoms with Crippen LogP contribution in [0.2, 0.25) is 5.02 Å². The molecule has 0 bridgehead atoms. The SMILES string of the molecule is Cc1onc(-c2c(F)cccc2Cl)c1C(=O)N(CC#N)Cc1ccccc1. The zero-order chi connectivity index (χ0) is 19.4. The van der Waals surface area contributed by atoms with E-state index in [-0.39, 0.29) is 40.7 Å². The molecular weight excluding hydrogens is 369 g/mol. The van der Waals surface area contributed by atoms with E-state index in [2.05, 4.69) is 5.16 Å². The van der Waals surface area contributed by atoms with Crippen LogP contribution in [0.5, 0.6) is 0 Å². The van der Waals surface area contributed by atoms with Crippen molar-refractivity contribution in [3.05, 3.63) is 76.3 Å². The maximum Gasteiger partial charge on any atom is 0.260 e. The molecule has 1 amide bonds. The minimum Gasteiger partial charge on any atom is -0.360 e. The van der Waals surface area contributed by atoms with Crippen LogP contribution in [0.4, 0.5) is 4.39 Å². The summed E-state index contributed by atoms with van der Waals surface area (Å²) < 4.78 is 19.5. The number of amides is 1. The third kappa shape index (κ3) is 3.83. The van der Waals surface area contributed by atoms with Gasteiger partial charge < -0.3 is 9.42 Å². The molecule has 0 N–H and O–H groups in total. The number of hydrogen-bond acceptors (Lipinski definition) is 4. The number of nitrogens with zero attached hydrogens (tertiary/aromatic N) is 3. The lowest BCUT2D eigenvalue weighted by molar-refractivity contribution is 0.0764. The van der Waals surface area contributed by atoms with Crippen molar-refractivity contribution in [2.24, 2.45) is 0 Å². The molecule has 0 aliphatic carbocycles. The van der Waals surface area contributed by atoms with Gasteiger partial charge in [0.25, 0.3) is 5.91 Å². The lowest BCUT2D eigenvalue weighted by Gasteiger charge is -2.20. The first-order valence-corrected chi connectivity index (χ1v) is 8.51. The molecule has 136 valence electrons. The van der Waals surface area contributed by atoms with Crippen LogP contribution in [0.25, 0.3) is 11.3 Å². The Morgan fingerprint density at radius 2 is 2.00 bits per heavy atom. The fourth-order valence-corrected chi connectivity index (χ4v) is 3.02. The van der Waals surface area contributed by atoms with Gasteiger partial charge >= 0.3 is 0 Å². The summed E-state index contributed by atoms with van der Waals surface area (Å²) in [5, 5.41) is 13.1. The Morgan fingerprint density at radius 3 is 2.67 bits per heavy atom. The van der Waals surface area contributed by atoms with Crippen LogP contribution in [-0.4, -0.2) is 22.5 Å². The normalized spacial score (nSPS) is 10.4. The number of carbonyl (C=O) groups excluding carboxylic acids is 1. The zero-order valence-electron chi connectivity index (χ0n) is 14.4. The first-order valence-electron chi connectivity index (χ1n) is 8.13. The van der Waals surface area contributed by atoms with Gasteiger partial charge in [-0.1, -0.05) is 53.2 Å². The van der Waals surface area contributed by atoms with Gasteiger partial charge in [-0.15, -0.1) is 0 Å². The van der Waals surface area contributed by atoms with Gasteiger partial charge in [0.05, 0.1) is 16.7 Å². The van der Waals surface area contributed by atoms with Gasteiger partial charge in [-0.05, 0) is 24.6 Å². The molecule has 3 aromatic rings. The Hall–Kier alpha value is -3.17. The van der Waals surface area contributed by atoms with E-state index in [4.69, 9.17) is 21.4 Å². The van der Waals surface area contributed by atoms with Crippen LogP contribution < -0.4 is 0 Å². The molecule has 3 rings (SSSR count). The fourth-order valence-electron chi connectivity index (χ4n) is 2.77. The molecule has 0 fully saturated rings. The van der Waals surface area contributed by atoms with Gasteiger partial charge in [0.2, 0.25) is 0 Å². The van der Waals surface area contributed by atoms with Crippen molar-refractivity contribution in [3.8, 4) is 17.3 Å². The van der Waals surface area contributed by atoms with E-state index in [1.807, 2.05) is 36.4 Å². The van der Waals surface area contributed by atoms with E-state index in [9.17, 15) is 9.18 Å². The van der Waals surface area contributed by atoms with Crippen molar-refractivity contribution < 1.29 is 13.7 Å². The third-order valence-corrected chi connectivity index (χ3v) is 4.36. The second-order valence-electron chi connectivity index (χ2n) is 5.86. The molecule has 0 atom stereocenters. The number of benzene rings is 2. The Labute approximate surface area is 160 Å². The average molecular weight is 384 g/mol. The highest BCUT2D eigenvalue weighted by molar-refractivity contribution is 6.33. The monoisotopic (exact) mass is 383 g/mol. The predicted octanol–water partition coefficient (Wildman–Crippen LogP) is 4.61. The molecule has 1 aromatic heterocycles. The van der Waals surface area contributed by atoms with Crippen LogP contribution >= 0.6 is 11.6 Å². The first-order chi connectivity index (χ1) is 13.0. The van der Waals surface area contributed by atoms with Crippen molar-refractivity contribution in [2.45, 2.75) is 13.5 Å². The van der Waals surface area contributed by atoms with Gasteiger partial charge in [0.15, 0.2) is 0 Å². The van der Waals surface area contributed by atoms with Crippen LogP contribution in [0.1, 0.15) is 21.7 Å². The summed E-state index contributed by atoms with van der Waals surface area (Å²) in [5.41, 5.74) is 0.974. The average Bonchev–Trinajstić information content (AvgIpc) is 3.03. The second-order valence-corrected chi connectivity index (χ2v) is 6.27. The number of aromatic nitrogens is 1. The van der Waals surface area contributed by atoms with E-state index in [1.54, 1.807) is 6.92 Å². The van der Waals surface area contributed by atoms with Crippen molar-refractivity contribution >= 4 is 17.5 Å². The Balaban J connectivity index is 2.03. The minimum atomic E-state index is -0.611. The molecule has 0 aliphatic heterocycles. The van der Waals surface area contributed by atoms with Crippen LogP contribution in [-0.2, 0) is 6.54 Å². The lowest BCUT2D eigenvalue weighted by atomic mass is 10.0. The Morgan fingerprint density at radius 1 is 1.26 bits per heavy atom. The van der Waals surface area contributed by atoms with Gasteiger partial charge in [0, 0.05) is 6.54 Å². The summed E-state index contributed by atoms with van der Waals surface area (Å²) in [4.78, 5) is 14.5. The van der Waals surface area contributed by atoms with Crippen molar-refractivity contribution in [1.82, 2.24) is 10.1 Å². The van der Waals surface area contributed by atoms with E-state index in [0.717, 1.165) is 5.56 Å². The predicted molar refractivity (Wildman–Crippen MR) is 98.4 cm³/mol. The number of rotatable bonds is 5. The maximum atomic E-state index is 14.3. The molecule has 0 saturated carbocycles. The fraction of sp³-hybridized carbons (Fsp3) is 0.150. The van der Waals surface area contributed by atoms with Crippen molar-refractivity contribution in [3.63, 3.8) is 0 Å². The molecule has 27 heavy (non-hydrogen) atoms. The highest BCUT2D eigenvalue weighted by atomic mass is 35.5. The summed E-state index contributed by atoms with van der Waals surface area (Å²) >= 11 is 6.12. The molecular formula is C20H15ClFN3O2. The summed E-state index contributed by atoms with van der Waals surface area (Å²) in [6.07, 6.45) is 0. The Bertz CT molecular complexity index is 992. The van der Waals surface area contributed by atoms with Gasteiger partial charge in [-0.3, -0.25) is 4.79 Å². The lowest BCUT2D eigenvalue weighted by Crippen LogP contribution is -2.31. The summed E-state index contributed by atoms with van der Waals surface area (Å²) in [6, 6.07) is 15.5. The molecule has 0 radical (unpaired) electrons. The maximum absolute atomic E-state index is 14.3. The second kappa shape index (κ2) is 8.02. The number of aryl methyl sites for hydroxylation is 1. The molecule has 5 nitrogen and oxygen atoms in total. The zero-order valence-corrected chi connectivity index (χ0v) is 15.2. The largest absolute Gasteiger partial charge is 0.360 e. The standard InChI is InChI=1S/C20H15ClFN3O2/c1-13-17(19(24-27-13)18-15(21)8-5-9-16(18)22)20(26)25(11-10-23)12-14-6-3-2-4-7-14/h2-9H,11-12H2,1H3. The molecule has 1 heterocycles. The van der Waals surface area contributed by atoms with Gasteiger partial charge in [0.1, 0.15) is 29.4 Å². The Kier molecular flexibility index (Phi) is 5.53. The minimum absolute atomic E-state index is 0.00372. The number of hydrogen-bond donors (Lipinski definition) is 0. The molecule has 0 spiro atoms. The summed E-state index contributed by atoms with van der Waals surface area (Å²) in [6.45, 7) is 1.65. The van der Waals surface area contributed by atoms with Crippen LogP contribution in [0, 0.1) is 24.1 Å². The summed E-state index contributed by atoms with van der Waals surface area (Å²) in [7, 11) is 0. The first kappa shape index (κ1) is 18.6. The summed E-state index contributed by atoms with van der Waals surface area (Å²) in [5.74, 6) is -0.862.